The van der Waals surface area contributed by atoms with E-state index >= 15 is 0 Å². The number of hydrogen-bond donors (Lipinski definition) is 1. The molecule has 0 aliphatic heterocycles. The van der Waals surface area contributed by atoms with Gasteiger partial charge in [0.15, 0.2) is 0 Å². The van der Waals surface area contributed by atoms with Crippen molar-refractivity contribution in [3.8, 4) is 0 Å². The van der Waals surface area contributed by atoms with Gasteiger partial charge in [-0.05, 0) is 42.2 Å². The molecule has 1 aliphatic rings. The van der Waals surface area contributed by atoms with Gasteiger partial charge in [-0.15, -0.1) is 0 Å². The molecule has 0 radical (unpaired) electrons. The summed E-state index contributed by atoms with van der Waals surface area (Å²) >= 11 is 0. The van der Waals surface area contributed by atoms with Gasteiger partial charge in [0.05, 0.1) is 0 Å². The van der Waals surface area contributed by atoms with Gasteiger partial charge in [-0.3, -0.25) is 0 Å². The predicted octanol–water partition coefficient (Wildman–Crippen LogP) is 3.67. The summed E-state index contributed by atoms with van der Waals surface area (Å²) in [5.41, 5.74) is 1.95. The third kappa shape index (κ3) is 2.40. The molecule has 1 saturated carbocycles. The molecule has 0 bridgehead atoms. The minimum absolute atomic E-state index is 0.426. The molecule has 0 spiro atoms. The van der Waals surface area contributed by atoms with Gasteiger partial charge < -0.3 is 5.32 Å². The van der Waals surface area contributed by atoms with Crippen LogP contribution in [-0.4, -0.2) is 13.6 Å². The Balaban J connectivity index is 2.10. The lowest BCUT2D eigenvalue weighted by Gasteiger charge is -2.34. The summed E-state index contributed by atoms with van der Waals surface area (Å²) in [6.07, 6.45) is 1.36. The van der Waals surface area contributed by atoms with Crippen molar-refractivity contribution in [2.75, 3.05) is 13.6 Å². The van der Waals surface area contributed by atoms with Crippen LogP contribution in [0.25, 0.3) is 0 Å². The summed E-state index contributed by atoms with van der Waals surface area (Å²) < 4.78 is 0. The molecule has 1 aromatic carbocycles. The first kappa shape index (κ1) is 12.6. The quantitative estimate of drug-likeness (QED) is 0.815. The smallest absolute Gasteiger partial charge is 0.000749 e. The van der Waals surface area contributed by atoms with Crippen molar-refractivity contribution in [3.63, 3.8) is 0 Å². The van der Waals surface area contributed by atoms with Gasteiger partial charge in [0.25, 0.3) is 0 Å². The Morgan fingerprint density at radius 2 is 1.94 bits per heavy atom. The summed E-state index contributed by atoms with van der Waals surface area (Å²) in [5, 5.41) is 3.38. The summed E-state index contributed by atoms with van der Waals surface area (Å²) in [6, 6.07) is 11.0. The van der Waals surface area contributed by atoms with Crippen LogP contribution >= 0.6 is 0 Å². The van der Waals surface area contributed by atoms with Crippen LogP contribution in [0.1, 0.15) is 38.7 Å². The van der Waals surface area contributed by atoms with Gasteiger partial charge in [-0.1, -0.05) is 51.1 Å². The first-order valence-electron chi connectivity index (χ1n) is 6.79. The lowest BCUT2D eigenvalue weighted by atomic mass is 9.73. The monoisotopic (exact) mass is 231 g/mol. The summed E-state index contributed by atoms with van der Waals surface area (Å²) in [5.74, 6) is 2.36. The van der Waals surface area contributed by atoms with E-state index in [2.05, 4.69) is 63.5 Å². The fourth-order valence-electron chi connectivity index (χ4n) is 3.14. The fraction of sp³-hybridized carbons (Fsp3) is 0.625. The van der Waals surface area contributed by atoms with Gasteiger partial charge in [-0.25, -0.2) is 0 Å². The highest BCUT2D eigenvalue weighted by molar-refractivity contribution is 5.27. The molecule has 1 heteroatoms. The average molecular weight is 231 g/mol. The Morgan fingerprint density at radius 3 is 2.47 bits per heavy atom. The van der Waals surface area contributed by atoms with E-state index in [1.54, 1.807) is 0 Å². The second-order valence-electron chi connectivity index (χ2n) is 6.05. The number of hydrogen-bond acceptors (Lipinski definition) is 1. The number of rotatable bonds is 5. The van der Waals surface area contributed by atoms with Gasteiger partial charge in [0.2, 0.25) is 0 Å². The molecule has 1 nitrogen and oxygen atoms in total. The maximum Gasteiger partial charge on any atom is 0.000749 e. The lowest BCUT2D eigenvalue weighted by molar-refractivity contribution is 0.172. The molecular formula is C16H25N. The Kier molecular flexibility index (Phi) is 3.58. The van der Waals surface area contributed by atoms with Crippen molar-refractivity contribution in [1.82, 2.24) is 5.32 Å². The normalized spacial score (nSPS) is 26.9. The van der Waals surface area contributed by atoms with Crippen LogP contribution in [0, 0.1) is 17.3 Å². The molecule has 3 atom stereocenters. The highest BCUT2D eigenvalue weighted by Crippen LogP contribution is 2.59. The third-order valence-corrected chi connectivity index (χ3v) is 4.74. The average Bonchev–Trinajstić information content (AvgIpc) is 3.10. The van der Waals surface area contributed by atoms with Crippen molar-refractivity contribution in [2.45, 2.75) is 33.1 Å². The van der Waals surface area contributed by atoms with Crippen molar-refractivity contribution >= 4 is 0 Å². The van der Waals surface area contributed by atoms with Crippen molar-refractivity contribution in [3.05, 3.63) is 35.9 Å². The molecule has 0 heterocycles. The Labute approximate surface area is 106 Å². The van der Waals surface area contributed by atoms with E-state index in [9.17, 15) is 0 Å². The molecular weight excluding hydrogens is 206 g/mol. The number of benzene rings is 1. The Bertz CT molecular complexity index is 357. The highest BCUT2D eigenvalue weighted by atomic mass is 14.8. The molecule has 1 fully saturated rings. The van der Waals surface area contributed by atoms with Crippen molar-refractivity contribution < 1.29 is 0 Å². The van der Waals surface area contributed by atoms with Crippen LogP contribution < -0.4 is 5.32 Å². The summed E-state index contributed by atoms with van der Waals surface area (Å²) in [4.78, 5) is 0. The first-order chi connectivity index (χ1) is 8.09. The molecule has 94 valence electrons. The topological polar surface area (TPSA) is 12.0 Å². The summed E-state index contributed by atoms with van der Waals surface area (Å²) in [7, 11) is 2.07. The van der Waals surface area contributed by atoms with Crippen LogP contribution in [0.3, 0.4) is 0 Å². The zero-order valence-electron chi connectivity index (χ0n) is 11.5. The summed E-state index contributed by atoms with van der Waals surface area (Å²) in [6.45, 7) is 8.29. The first-order valence-corrected chi connectivity index (χ1v) is 6.79. The zero-order valence-corrected chi connectivity index (χ0v) is 11.5. The molecule has 17 heavy (non-hydrogen) atoms. The molecule has 2 rings (SSSR count). The van der Waals surface area contributed by atoms with Gasteiger partial charge in [-0.2, -0.15) is 0 Å². The minimum Gasteiger partial charge on any atom is -0.319 e. The second kappa shape index (κ2) is 4.81. The molecule has 0 amide bonds. The van der Waals surface area contributed by atoms with E-state index < -0.39 is 0 Å². The second-order valence-corrected chi connectivity index (χ2v) is 6.05. The van der Waals surface area contributed by atoms with Crippen LogP contribution in [0.2, 0.25) is 0 Å². The highest BCUT2D eigenvalue weighted by Gasteiger charge is 2.51. The standard InChI is InChI=1S/C16H25N/c1-12(2)16(3,11-17-4)15-10-14(15)13-8-6-5-7-9-13/h5-9,12,14-15,17H,10-11H2,1-4H3. The van der Waals surface area contributed by atoms with E-state index in [1.807, 2.05) is 0 Å². The number of nitrogens with one attached hydrogen (secondary N) is 1. The van der Waals surface area contributed by atoms with Gasteiger partial charge >= 0.3 is 0 Å². The van der Waals surface area contributed by atoms with Crippen LogP contribution in [-0.2, 0) is 0 Å². The minimum atomic E-state index is 0.426. The van der Waals surface area contributed by atoms with Crippen LogP contribution in [0.4, 0.5) is 0 Å². The van der Waals surface area contributed by atoms with E-state index in [1.165, 1.54) is 12.0 Å². The van der Waals surface area contributed by atoms with E-state index in [0.717, 1.165) is 24.3 Å². The van der Waals surface area contributed by atoms with Crippen LogP contribution in [0.5, 0.6) is 0 Å². The maximum absolute atomic E-state index is 3.38. The molecule has 3 unspecified atom stereocenters. The molecule has 1 N–H and O–H groups in total. The van der Waals surface area contributed by atoms with E-state index in [0.29, 0.717) is 5.41 Å². The fourth-order valence-corrected chi connectivity index (χ4v) is 3.14. The maximum atomic E-state index is 3.38. The van der Waals surface area contributed by atoms with Crippen LogP contribution in [0.15, 0.2) is 30.3 Å². The molecule has 0 aromatic heterocycles. The largest absolute Gasteiger partial charge is 0.319 e. The zero-order chi connectivity index (χ0) is 12.5. The molecule has 1 aliphatic carbocycles. The Hall–Kier alpha value is -0.820. The van der Waals surface area contributed by atoms with Gasteiger partial charge in [0.1, 0.15) is 0 Å². The van der Waals surface area contributed by atoms with Gasteiger partial charge in [0, 0.05) is 6.54 Å². The van der Waals surface area contributed by atoms with Crippen molar-refractivity contribution in [1.29, 1.82) is 0 Å². The molecule has 1 aromatic rings. The van der Waals surface area contributed by atoms with Crippen molar-refractivity contribution in [2.24, 2.45) is 17.3 Å². The Morgan fingerprint density at radius 1 is 1.29 bits per heavy atom. The third-order valence-electron chi connectivity index (χ3n) is 4.74. The molecule has 0 saturated heterocycles. The van der Waals surface area contributed by atoms with E-state index in [4.69, 9.17) is 0 Å². The SMILES string of the molecule is CNCC(C)(C(C)C)C1CC1c1ccccc1. The van der Waals surface area contributed by atoms with E-state index in [-0.39, 0.29) is 0 Å². The lowest BCUT2D eigenvalue weighted by Crippen LogP contribution is -2.36. The predicted molar refractivity (Wildman–Crippen MR) is 74.2 cm³/mol.